The van der Waals surface area contributed by atoms with Crippen molar-refractivity contribution in [2.75, 3.05) is 11.9 Å². The van der Waals surface area contributed by atoms with Crippen LogP contribution in [0.2, 0.25) is 0 Å². The molecule has 21 heavy (non-hydrogen) atoms. The Hall–Kier alpha value is -2.90. The molecule has 0 aliphatic heterocycles. The molecule has 0 aliphatic rings. The highest BCUT2D eigenvalue weighted by Crippen LogP contribution is 2.10. The lowest BCUT2D eigenvalue weighted by Crippen LogP contribution is -2.30. The summed E-state index contributed by atoms with van der Waals surface area (Å²) in [6, 6.07) is 5.56. The van der Waals surface area contributed by atoms with Crippen molar-refractivity contribution in [3.8, 4) is 0 Å². The van der Waals surface area contributed by atoms with Crippen LogP contribution in [0.15, 0.2) is 28.8 Å². The van der Waals surface area contributed by atoms with Gasteiger partial charge in [0, 0.05) is 25.6 Å². The van der Waals surface area contributed by atoms with E-state index in [-0.39, 0.29) is 5.56 Å². The van der Waals surface area contributed by atoms with E-state index in [4.69, 9.17) is 9.63 Å². The number of hydrogen-bond donors (Lipinski definition) is 3. The number of carboxylic acid groups (broad SMARTS) is 1. The Labute approximate surface area is 120 Å². The van der Waals surface area contributed by atoms with E-state index in [1.54, 1.807) is 19.1 Å². The Balaban J connectivity index is 1.81. The normalized spacial score (nSPS) is 10.1. The van der Waals surface area contributed by atoms with E-state index in [0.29, 0.717) is 30.4 Å². The number of hydrogen-bond acceptors (Lipinski definition) is 5. The Kier molecular flexibility index (Phi) is 4.50. The van der Waals surface area contributed by atoms with Gasteiger partial charge in [-0.25, -0.2) is 9.59 Å². The van der Waals surface area contributed by atoms with Gasteiger partial charge in [0.1, 0.15) is 0 Å². The van der Waals surface area contributed by atoms with E-state index in [0.717, 1.165) is 0 Å². The van der Waals surface area contributed by atoms with E-state index in [9.17, 15) is 9.59 Å². The molecule has 2 amide bonds. The standard InChI is InChI=1S/C13H14N4O4/c1-8-15-11(17-21-8)5-6-14-13(20)16-10-4-2-3-9(7-10)12(18)19/h2-4,7H,5-6H2,1H3,(H,18,19)(H2,14,16,20). The van der Waals surface area contributed by atoms with Crippen molar-refractivity contribution in [2.24, 2.45) is 0 Å². The summed E-state index contributed by atoms with van der Waals surface area (Å²) in [6.45, 7) is 2.02. The Morgan fingerprint density at radius 1 is 1.38 bits per heavy atom. The van der Waals surface area contributed by atoms with E-state index in [2.05, 4.69) is 20.8 Å². The molecule has 110 valence electrons. The van der Waals surface area contributed by atoms with Crippen LogP contribution in [0.25, 0.3) is 0 Å². The smallest absolute Gasteiger partial charge is 0.335 e. The van der Waals surface area contributed by atoms with Gasteiger partial charge in [0.05, 0.1) is 5.56 Å². The summed E-state index contributed by atoms with van der Waals surface area (Å²) in [7, 11) is 0. The van der Waals surface area contributed by atoms with Crippen molar-refractivity contribution in [3.63, 3.8) is 0 Å². The maximum absolute atomic E-state index is 11.7. The highest BCUT2D eigenvalue weighted by Gasteiger charge is 2.07. The van der Waals surface area contributed by atoms with Gasteiger partial charge < -0.3 is 20.3 Å². The summed E-state index contributed by atoms with van der Waals surface area (Å²) in [5, 5.41) is 17.7. The number of benzene rings is 1. The third-order valence-corrected chi connectivity index (χ3v) is 2.57. The van der Waals surface area contributed by atoms with E-state index >= 15 is 0 Å². The lowest BCUT2D eigenvalue weighted by molar-refractivity contribution is 0.0697. The summed E-state index contributed by atoms with van der Waals surface area (Å²) >= 11 is 0. The molecule has 8 heteroatoms. The number of nitrogens with zero attached hydrogens (tertiary/aromatic N) is 2. The average Bonchev–Trinajstić information content (AvgIpc) is 2.84. The second-order valence-corrected chi connectivity index (χ2v) is 4.25. The van der Waals surface area contributed by atoms with Crippen LogP contribution in [0, 0.1) is 6.92 Å². The molecule has 8 nitrogen and oxygen atoms in total. The fraction of sp³-hybridized carbons (Fsp3) is 0.231. The SMILES string of the molecule is Cc1nc(CCNC(=O)Nc2cccc(C(=O)O)c2)no1. The zero-order valence-electron chi connectivity index (χ0n) is 11.3. The van der Waals surface area contributed by atoms with E-state index in [1.165, 1.54) is 12.1 Å². The monoisotopic (exact) mass is 290 g/mol. The molecular weight excluding hydrogens is 276 g/mol. The van der Waals surface area contributed by atoms with Crippen LogP contribution in [-0.4, -0.2) is 33.8 Å². The minimum Gasteiger partial charge on any atom is -0.478 e. The molecule has 1 heterocycles. The predicted octanol–water partition coefficient (Wildman–Crippen LogP) is 1.44. The number of urea groups is 1. The van der Waals surface area contributed by atoms with Crippen LogP contribution in [0.3, 0.4) is 0 Å². The molecule has 1 aromatic carbocycles. The maximum Gasteiger partial charge on any atom is 0.335 e. The number of carbonyl (C=O) groups is 2. The molecule has 0 atom stereocenters. The van der Waals surface area contributed by atoms with Gasteiger partial charge in [-0.1, -0.05) is 11.2 Å². The predicted molar refractivity (Wildman–Crippen MR) is 73.2 cm³/mol. The van der Waals surface area contributed by atoms with Crippen molar-refractivity contribution in [1.82, 2.24) is 15.5 Å². The second-order valence-electron chi connectivity index (χ2n) is 4.25. The zero-order chi connectivity index (χ0) is 15.2. The van der Waals surface area contributed by atoms with Crippen molar-refractivity contribution < 1.29 is 19.2 Å². The Morgan fingerprint density at radius 3 is 2.86 bits per heavy atom. The summed E-state index contributed by atoms with van der Waals surface area (Å²) in [5.74, 6) is -0.0628. The summed E-state index contributed by atoms with van der Waals surface area (Å²) in [6.07, 6.45) is 0.444. The van der Waals surface area contributed by atoms with Crippen LogP contribution in [0.1, 0.15) is 22.1 Å². The van der Waals surface area contributed by atoms with Crippen molar-refractivity contribution in [3.05, 3.63) is 41.5 Å². The highest BCUT2D eigenvalue weighted by molar-refractivity contribution is 5.93. The van der Waals surface area contributed by atoms with Gasteiger partial charge in [0.2, 0.25) is 5.89 Å². The van der Waals surface area contributed by atoms with Gasteiger partial charge in [-0.15, -0.1) is 0 Å². The van der Waals surface area contributed by atoms with Crippen molar-refractivity contribution in [2.45, 2.75) is 13.3 Å². The maximum atomic E-state index is 11.7. The molecule has 2 aromatic rings. The fourth-order valence-corrected chi connectivity index (χ4v) is 1.64. The number of nitrogens with one attached hydrogen (secondary N) is 2. The van der Waals surface area contributed by atoms with Crippen LogP contribution in [0.5, 0.6) is 0 Å². The van der Waals surface area contributed by atoms with Crippen molar-refractivity contribution in [1.29, 1.82) is 0 Å². The number of carboxylic acids is 1. The molecule has 0 saturated heterocycles. The van der Waals surface area contributed by atoms with E-state index < -0.39 is 12.0 Å². The molecule has 0 fully saturated rings. The molecule has 3 N–H and O–H groups in total. The van der Waals surface area contributed by atoms with Gasteiger partial charge in [0.15, 0.2) is 5.82 Å². The quantitative estimate of drug-likeness (QED) is 0.767. The van der Waals surface area contributed by atoms with Gasteiger partial charge in [-0.3, -0.25) is 0 Å². The van der Waals surface area contributed by atoms with Crippen LogP contribution >= 0.6 is 0 Å². The topological polar surface area (TPSA) is 117 Å². The first-order valence-corrected chi connectivity index (χ1v) is 6.22. The number of aromatic carboxylic acids is 1. The molecule has 0 spiro atoms. The molecule has 0 radical (unpaired) electrons. The first-order valence-electron chi connectivity index (χ1n) is 6.22. The summed E-state index contributed by atoms with van der Waals surface area (Å²) in [4.78, 5) is 26.5. The van der Waals surface area contributed by atoms with Gasteiger partial charge in [0.25, 0.3) is 0 Å². The minimum absolute atomic E-state index is 0.107. The number of aryl methyl sites for hydroxylation is 1. The minimum atomic E-state index is -1.05. The highest BCUT2D eigenvalue weighted by atomic mass is 16.5. The number of amides is 2. The lowest BCUT2D eigenvalue weighted by atomic mass is 10.2. The zero-order valence-corrected chi connectivity index (χ0v) is 11.3. The summed E-state index contributed by atoms with van der Waals surface area (Å²) < 4.78 is 4.81. The summed E-state index contributed by atoms with van der Waals surface area (Å²) in [5.41, 5.74) is 0.512. The molecule has 0 saturated carbocycles. The van der Waals surface area contributed by atoms with Crippen LogP contribution in [0.4, 0.5) is 10.5 Å². The number of anilines is 1. The molecular formula is C13H14N4O4. The first-order chi connectivity index (χ1) is 10.0. The third-order valence-electron chi connectivity index (χ3n) is 2.57. The van der Waals surface area contributed by atoms with Crippen molar-refractivity contribution >= 4 is 17.7 Å². The molecule has 0 aliphatic carbocycles. The lowest BCUT2D eigenvalue weighted by Gasteiger charge is -2.07. The third kappa shape index (κ3) is 4.30. The van der Waals surface area contributed by atoms with Crippen LogP contribution < -0.4 is 10.6 Å². The number of rotatable bonds is 5. The fourth-order valence-electron chi connectivity index (χ4n) is 1.64. The first kappa shape index (κ1) is 14.5. The Bertz CT molecular complexity index is 653. The number of aromatic nitrogens is 2. The number of carbonyl (C=O) groups excluding carboxylic acids is 1. The molecule has 0 unspecified atom stereocenters. The van der Waals surface area contributed by atoms with Crippen LogP contribution in [-0.2, 0) is 6.42 Å². The Morgan fingerprint density at radius 2 is 2.19 bits per heavy atom. The molecule has 2 rings (SSSR count). The second kappa shape index (κ2) is 6.51. The average molecular weight is 290 g/mol. The largest absolute Gasteiger partial charge is 0.478 e. The van der Waals surface area contributed by atoms with Gasteiger partial charge >= 0.3 is 12.0 Å². The molecule has 0 bridgehead atoms. The van der Waals surface area contributed by atoms with Gasteiger partial charge in [-0.05, 0) is 18.2 Å². The van der Waals surface area contributed by atoms with Gasteiger partial charge in [-0.2, -0.15) is 4.98 Å². The molecule has 1 aromatic heterocycles. The van der Waals surface area contributed by atoms with E-state index in [1.807, 2.05) is 0 Å².